The van der Waals surface area contributed by atoms with Crippen LogP contribution in [0.5, 0.6) is 0 Å². The van der Waals surface area contributed by atoms with Crippen molar-refractivity contribution in [3.8, 4) is 0 Å². The van der Waals surface area contributed by atoms with E-state index >= 15 is 0 Å². The summed E-state index contributed by atoms with van der Waals surface area (Å²) in [5.74, 6) is 0. The van der Waals surface area contributed by atoms with Crippen molar-refractivity contribution in [2.45, 2.75) is 20.8 Å². The van der Waals surface area contributed by atoms with Gasteiger partial charge in [-0.25, -0.2) is 0 Å². The minimum Gasteiger partial charge on any atom is -0.122 e. The summed E-state index contributed by atoms with van der Waals surface area (Å²) in [6, 6.07) is 0. The van der Waals surface area contributed by atoms with Crippen LogP contribution < -0.4 is 0 Å². The van der Waals surface area contributed by atoms with Gasteiger partial charge in [0.15, 0.2) is 0 Å². The molecule has 0 aliphatic rings. The van der Waals surface area contributed by atoms with Crippen LogP contribution in [0.2, 0.25) is 0 Å². The molecule has 0 spiro atoms. The third-order valence-corrected chi connectivity index (χ3v) is 0.949. The molecule has 50 valence electrons. The summed E-state index contributed by atoms with van der Waals surface area (Å²) >= 11 is 3.31. The number of allylic oxidation sites excluding steroid dienone is 3. The molecule has 0 radical (unpaired) electrons. The molecule has 0 atom stereocenters. The zero-order valence-electron chi connectivity index (χ0n) is 6.03. The average Bonchev–Trinajstić information content (AvgIpc) is 1.63. The van der Waals surface area contributed by atoms with E-state index in [4.69, 9.17) is 0 Å². The zero-order valence-corrected chi connectivity index (χ0v) is 7.62. The Morgan fingerprint density at radius 3 is 2.22 bits per heavy atom. The Bertz CT molecular complexity index is 161. The first-order valence-electron chi connectivity index (χ1n) is 2.85. The van der Waals surface area contributed by atoms with Crippen molar-refractivity contribution < 1.29 is 0 Å². The van der Waals surface area contributed by atoms with Crippen LogP contribution in [0, 0.1) is 0 Å². The molecule has 0 bridgehead atoms. The van der Waals surface area contributed by atoms with Crippen molar-refractivity contribution in [1.29, 1.82) is 0 Å². The van der Waals surface area contributed by atoms with Crippen LogP contribution in [-0.2, 0) is 0 Å². The van der Waals surface area contributed by atoms with Crippen LogP contribution in [0.3, 0.4) is 0 Å². The predicted octanol–water partition coefficient (Wildman–Crippen LogP) is 3.41. The van der Waals surface area contributed by atoms with Crippen molar-refractivity contribution in [2.75, 3.05) is 0 Å². The van der Waals surface area contributed by atoms with Crippen molar-refractivity contribution in [1.82, 2.24) is 0 Å². The van der Waals surface area contributed by atoms with Crippen molar-refractivity contribution in [3.05, 3.63) is 27.9 Å². The lowest BCUT2D eigenvalue weighted by Crippen LogP contribution is -1.55. The third-order valence-electron chi connectivity index (χ3n) is 0.685. The number of hydrogen-bond donors (Lipinski definition) is 0. The fraction of sp³-hybridized carbons (Fsp3) is 0.375. The quantitative estimate of drug-likeness (QED) is 0.435. The first-order valence-corrected chi connectivity index (χ1v) is 3.64. The molecule has 0 aliphatic carbocycles. The van der Waals surface area contributed by atoms with Gasteiger partial charge in [-0.1, -0.05) is 15.9 Å². The zero-order chi connectivity index (χ0) is 7.28. The lowest BCUT2D eigenvalue weighted by molar-refractivity contribution is 1.41. The second kappa shape index (κ2) is 4.60. The van der Waals surface area contributed by atoms with Crippen LogP contribution in [-0.4, -0.2) is 0 Å². The highest BCUT2D eigenvalue weighted by atomic mass is 79.9. The van der Waals surface area contributed by atoms with Crippen LogP contribution in [0.25, 0.3) is 0 Å². The molecular formula is C8H11Br. The van der Waals surface area contributed by atoms with Gasteiger partial charge in [-0.15, -0.1) is 5.73 Å². The highest BCUT2D eigenvalue weighted by Gasteiger charge is 1.70. The first kappa shape index (κ1) is 8.74. The summed E-state index contributed by atoms with van der Waals surface area (Å²) in [4.78, 5) is 0. The maximum Gasteiger partial charge on any atom is -0.00743 e. The molecule has 0 aliphatic heterocycles. The van der Waals surface area contributed by atoms with Gasteiger partial charge in [-0.05, 0) is 43.0 Å². The van der Waals surface area contributed by atoms with Gasteiger partial charge >= 0.3 is 0 Å². The molecule has 9 heavy (non-hydrogen) atoms. The minimum atomic E-state index is 1.12. The van der Waals surface area contributed by atoms with E-state index in [-0.39, 0.29) is 0 Å². The summed E-state index contributed by atoms with van der Waals surface area (Å²) in [7, 11) is 0. The molecule has 1 heteroatoms. The lowest BCUT2D eigenvalue weighted by Gasteiger charge is -1.77. The van der Waals surface area contributed by atoms with Gasteiger partial charge < -0.3 is 0 Å². The smallest absolute Gasteiger partial charge is 0.00743 e. The Labute approximate surface area is 65.1 Å². The molecule has 0 fully saturated rings. The largest absolute Gasteiger partial charge is 0.122 e. The highest BCUT2D eigenvalue weighted by molar-refractivity contribution is 9.11. The van der Waals surface area contributed by atoms with Gasteiger partial charge in [0.05, 0.1) is 0 Å². The van der Waals surface area contributed by atoms with E-state index in [1.54, 1.807) is 0 Å². The van der Waals surface area contributed by atoms with Gasteiger partial charge in [0, 0.05) is 0 Å². The van der Waals surface area contributed by atoms with Crippen LogP contribution in [0.4, 0.5) is 0 Å². The van der Waals surface area contributed by atoms with E-state index in [1.807, 2.05) is 32.9 Å². The monoisotopic (exact) mass is 186 g/mol. The Hall–Kier alpha value is -0.260. The fourth-order valence-electron chi connectivity index (χ4n) is 0.323. The predicted molar refractivity (Wildman–Crippen MR) is 45.6 cm³/mol. The molecular weight excluding hydrogens is 176 g/mol. The van der Waals surface area contributed by atoms with Crippen molar-refractivity contribution in [2.24, 2.45) is 0 Å². The van der Waals surface area contributed by atoms with E-state index in [1.165, 1.54) is 5.57 Å². The Morgan fingerprint density at radius 1 is 1.33 bits per heavy atom. The maximum atomic E-state index is 3.31. The van der Waals surface area contributed by atoms with Gasteiger partial charge in [0.2, 0.25) is 0 Å². The molecule has 0 aromatic rings. The third kappa shape index (κ3) is 7.74. The summed E-state index contributed by atoms with van der Waals surface area (Å²) in [6.07, 6.45) is 3.87. The first-order chi connectivity index (χ1) is 4.13. The van der Waals surface area contributed by atoms with Gasteiger partial charge in [-0.2, -0.15) is 0 Å². The van der Waals surface area contributed by atoms with E-state index < -0.39 is 0 Å². The highest BCUT2D eigenvalue weighted by Crippen LogP contribution is 2.00. The standard InChI is InChI=1S/C8H11Br/c1-7(2)5-4-6-8(3)9/h4,6H,1-3H3. The molecule has 0 aromatic carbocycles. The maximum absolute atomic E-state index is 3.31. The molecule has 0 N–H and O–H groups in total. The number of rotatable bonds is 1. The Morgan fingerprint density at radius 2 is 1.89 bits per heavy atom. The number of hydrogen-bond acceptors (Lipinski definition) is 0. The molecule has 0 heterocycles. The van der Waals surface area contributed by atoms with Gasteiger partial charge in [0.25, 0.3) is 0 Å². The fourth-order valence-corrected chi connectivity index (χ4v) is 0.455. The summed E-state index contributed by atoms with van der Waals surface area (Å²) in [6.45, 7) is 6.03. The summed E-state index contributed by atoms with van der Waals surface area (Å²) < 4.78 is 1.12. The van der Waals surface area contributed by atoms with E-state index in [0.717, 1.165) is 4.48 Å². The van der Waals surface area contributed by atoms with Gasteiger partial charge in [-0.3, -0.25) is 0 Å². The Balaban J connectivity index is 4.04. The van der Waals surface area contributed by atoms with Crippen molar-refractivity contribution in [3.63, 3.8) is 0 Å². The molecule has 0 nitrogen and oxygen atoms in total. The van der Waals surface area contributed by atoms with Gasteiger partial charge in [0.1, 0.15) is 0 Å². The topological polar surface area (TPSA) is 0 Å². The molecule has 0 unspecified atom stereocenters. The second-order valence-corrected chi connectivity index (χ2v) is 3.32. The van der Waals surface area contributed by atoms with E-state index in [0.29, 0.717) is 0 Å². The Kier molecular flexibility index (Phi) is 4.47. The normalized spacial score (nSPS) is 10.4. The minimum absolute atomic E-state index is 1.12. The van der Waals surface area contributed by atoms with E-state index in [2.05, 4.69) is 21.7 Å². The molecule has 0 rings (SSSR count). The number of halogens is 1. The van der Waals surface area contributed by atoms with Crippen LogP contribution >= 0.6 is 15.9 Å². The molecule has 0 saturated carbocycles. The molecule has 0 aromatic heterocycles. The van der Waals surface area contributed by atoms with Crippen LogP contribution in [0.1, 0.15) is 20.8 Å². The summed E-state index contributed by atoms with van der Waals surface area (Å²) in [5, 5.41) is 0. The molecule has 0 amide bonds. The van der Waals surface area contributed by atoms with E-state index in [9.17, 15) is 0 Å². The van der Waals surface area contributed by atoms with Crippen LogP contribution in [0.15, 0.2) is 27.9 Å². The van der Waals surface area contributed by atoms with Crippen molar-refractivity contribution >= 4 is 15.9 Å². The SMILES string of the molecule is CC(C)=C=CC=C(C)Br. The lowest BCUT2D eigenvalue weighted by atomic mass is 10.3. The summed E-state index contributed by atoms with van der Waals surface area (Å²) in [5.41, 5.74) is 4.26. The molecule has 0 saturated heterocycles. The second-order valence-electron chi connectivity index (χ2n) is 2.06. The average molecular weight is 187 g/mol.